The largest absolute Gasteiger partial charge is 0.494 e. The van der Waals surface area contributed by atoms with Crippen LogP contribution in [0.5, 0.6) is 11.6 Å². The van der Waals surface area contributed by atoms with Gasteiger partial charge in [-0.1, -0.05) is 26.0 Å². The first kappa shape index (κ1) is 39.2. The van der Waals surface area contributed by atoms with Crippen molar-refractivity contribution in [1.82, 2.24) is 25.2 Å². The van der Waals surface area contributed by atoms with Gasteiger partial charge in [-0.3, -0.25) is 19.1 Å². The first-order valence-electron chi connectivity index (χ1n) is 18.5. The molecule has 3 fully saturated rings. The molecule has 0 bridgehead atoms. The molecule has 1 aromatic heterocycles. The Hall–Kier alpha value is -4.47. The molecule has 0 unspecified atom stereocenters. The Morgan fingerprint density at radius 1 is 1.07 bits per heavy atom. The maximum Gasteiger partial charge on any atom is 0.408 e. The Bertz CT molecular complexity index is 1950. The van der Waals surface area contributed by atoms with Crippen molar-refractivity contribution in [2.45, 2.75) is 114 Å². The molecule has 7 atom stereocenters. The number of rotatable bonds is 7. The average molecular weight is 772 g/mol. The van der Waals surface area contributed by atoms with Gasteiger partial charge in [-0.25, -0.2) is 22.6 Å². The number of halogens is 1. The van der Waals surface area contributed by atoms with Crippen molar-refractivity contribution in [3.8, 4) is 11.6 Å². The molecule has 4 aliphatic rings. The minimum absolute atomic E-state index is 0.0387. The number of alkyl carbamates (subject to hydrolysis) is 1. The molecule has 0 radical (unpaired) electrons. The quantitative estimate of drug-likeness (QED) is 0.347. The predicted molar refractivity (Wildman–Crippen MR) is 196 cm³/mol. The number of nitrogens with one attached hydrogen (secondary N) is 3. The topological polar surface area (TPSA) is 182 Å². The summed E-state index contributed by atoms with van der Waals surface area (Å²) in [6.07, 6.45) is 6.54. The summed E-state index contributed by atoms with van der Waals surface area (Å²) in [6, 6.07) is 2.25. The molecule has 0 spiro atoms. The second-order valence-electron chi connectivity index (χ2n) is 16.2. The summed E-state index contributed by atoms with van der Waals surface area (Å²) in [5.41, 5.74) is -2.40. The summed E-state index contributed by atoms with van der Waals surface area (Å²) in [5, 5.41) is 5.51. The molecule has 54 heavy (non-hydrogen) atoms. The summed E-state index contributed by atoms with van der Waals surface area (Å²) < 4.78 is 60.1. The number of methoxy groups -OCH3 is 1. The van der Waals surface area contributed by atoms with E-state index in [1.54, 1.807) is 26.8 Å². The molecule has 2 aliphatic carbocycles. The zero-order chi connectivity index (χ0) is 39.2. The van der Waals surface area contributed by atoms with Crippen molar-refractivity contribution >= 4 is 44.6 Å². The lowest BCUT2D eigenvalue weighted by molar-refractivity contribution is -0.142. The number of fused-ring (bicyclic) bond motifs is 3. The highest BCUT2D eigenvalue weighted by atomic mass is 32.2. The lowest BCUT2D eigenvalue weighted by Gasteiger charge is -2.33. The smallest absolute Gasteiger partial charge is 0.408 e. The molecule has 14 nitrogen and oxygen atoms in total. The summed E-state index contributed by atoms with van der Waals surface area (Å²) in [7, 11) is -2.57. The zero-order valence-electron chi connectivity index (χ0n) is 31.5. The second-order valence-corrected chi connectivity index (χ2v) is 18.1. The van der Waals surface area contributed by atoms with E-state index >= 15 is 4.39 Å². The first-order chi connectivity index (χ1) is 25.4. The van der Waals surface area contributed by atoms with Crippen molar-refractivity contribution in [2.75, 3.05) is 13.7 Å². The molecule has 16 heteroatoms. The summed E-state index contributed by atoms with van der Waals surface area (Å²) in [6.45, 7) is 8.94. The molecule has 4 amide bonds. The van der Waals surface area contributed by atoms with Crippen LogP contribution < -0.4 is 24.8 Å². The minimum atomic E-state index is -3.92. The van der Waals surface area contributed by atoms with Crippen molar-refractivity contribution in [3.05, 3.63) is 42.4 Å². The van der Waals surface area contributed by atoms with E-state index in [-0.39, 0.29) is 48.2 Å². The Labute approximate surface area is 315 Å². The van der Waals surface area contributed by atoms with Gasteiger partial charge in [0.1, 0.15) is 29.3 Å². The van der Waals surface area contributed by atoms with Gasteiger partial charge >= 0.3 is 6.09 Å². The van der Waals surface area contributed by atoms with Crippen molar-refractivity contribution in [3.63, 3.8) is 0 Å². The third-order valence-electron chi connectivity index (χ3n) is 10.6. The molecule has 6 rings (SSSR count). The number of carbonyl (C=O) groups excluding carboxylic acids is 4. The number of benzene rings is 1. The van der Waals surface area contributed by atoms with Gasteiger partial charge in [-0.05, 0) is 89.3 Å². The standard InChI is InChI=1S/C38H50FN5O9S/c1-21-9-7-8-10-23-19-38(23,35(47)43-54(49,50)25-11-12-25)42-32(45)28-18-24(52-33-27-13-14-29(51-6)30(39)26(27)15-16-40-33)20-44(28)34(46)31(22(2)17-21)41-36(48)53-37(3,4)5/h8,10,13-16,21-25,28,31H,7,9,11-12,17-20H2,1-6H3,(H,41,48)(H,42,45)(H,43,47)/b10-8-/t21-,22-,23-,24-,28+,31+,38-/m1/s1. The summed E-state index contributed by atoms with van der Waals surface area (Å²) in [5.74, 6) is -3.27. The Morgan fingerprint density at radius 2 is 1.81 bits per heavy atom. The second kappa shape index (κ2) is 15.0. The van der Waals surface area contributed by atoms with Gasteiger partial charge in [-0.2, -0.15) is 0 Å². The van der Waals surface area contributed by atoms with Crippen LogP contribution in [0.15, 0.2) is 36.5 Å². The van der Waals surface area contributed by atoms with Gasteiger partial charge in [0.15, 0.2) is 11.6 Å². The number of amides is 4. The number of pyridine rings is 1. The molecular weight excluding hydrogens is 722 g/mol. The normalized spacial score (nSPS) is 29.8. The van der Waals surface area contributed by atoms with E-state index in [4.69, 9.17) is 14.2 Å². The fourth-order valence-electron chi connectivity index (χ4n) is 7.51. The van der Waals surface area contributed by atoms with Gasteiger partial charge in [0, 0.05) is 29.3 Å². The van der Waals surface area contributed by atoms with Crippen LogP contribution >= 0.6 is 0 Å². The fraction of sp³-hybridized carbons (Fsp3) is 0.605. The highest BCUT2D eigenvalue weighted by molar-refractivity contribution is 7.91. The molecule has 1 aromatic carbocycles. The molecule has 2 aromatic rings. The van der Waals surface area contributed by atoms with Crippen LogP contribution in [0.2, 0.25) is 0 Å². The Kier molecular flexibility index (Phi) is 10.9. The maximum atomic E-state index is 15.2. The van der Waals surface area contributed by atoms with Crippen molar-refractivity contribution < 1.29 is 46.2 Å². The van der Waals surface area contributed by atoms with Crippen LogP contribution in [0, 0.1) is 23.6 Å². The van der Waals surface area contributed by atoms with Crippen molar-refractivity contribution in [2.24, 2.45) is 17.8 Å². The Morgan fingerprint density at radius 3 is 2.50 bits per heavy atom. The van der Waals surface area contributed by atoms with E-state index in [0.29, 0.717) is 31.1 Å². The number of sulfonamides is 1. The van der Waals surface area contributed by atoms with Gasteiger partial charge < -0.3 is 29.7 Å². The molecule has 2 saturated carbocycles. The molecular formula is C38H50FN5O9S. The van der Waals surface area contributed by atoms with E-state index in [0.717, 1.165) is 6.42 Å². The SMILES string of the molecule is COc1ccc2c(O[C@@H]3C[C@H]4C(=O)N[C@]5(C(=O)NS(=O)(=O)C6CC6)C[C@H]5/C=C\CC[C@@H](C)C[C@@H](C)[C@H](NC(=O)OC(C)(C)C)C(=O)N4C3)nccc2c1F. The van der Waals surface area contributed by atoms with E-state index < -0.39 is 80.2 Å². The van der Waals surface area contributed by atoms with Crippen LogP contribution in [-0.4, -0.2) is 90.3 Å². The van der Waals surface area contributed by atoms with Crippen LogP contribution in [0.25, 0.3) is 10.8 Å². The fourth-order valence-corrected chi connectivity index (χ4v) is 8.88. The number of carbonyl (C=O) groups is 4. The van der Waals surface area contributed by atoms with Crippen molar-refractivity contribution in [1.29, 1.82) is 0 Å². The average Bonchev–Trinajstić information content (AvgIpc) is 4.02. The summed E-state index contributed by atoms with van der Waals surface area (Å²) >= 11 is 0. The third kappa shape index (κ3) is 8.42. The van der Waals surface area contributed by atoms with Crippen LogP contribution in [0.3, 0.4) is 0 Å². The molecule has 2 aliphatic heterocycles. The highest BCUT2D eigenvalue weighted by Crippen LogP contribution is 2.46. The lowest BCUT2D eigenvalue weighted by atomic mass is 9.88. The molecule has 3 heterocycles. The van der Waals surface area contributed by atoms with Crippen LogP contribution in [-0.2, 0) is 29.1 Å². The maximum absolute atomic E-state index is 15.2. The van der Waals surface area contributed by atoms with E-state index in [9.17, 15) is 27.6 Å². The first-order valence-corrected chi connectivity index (χ1v) is 20.1. The van der Waals surface area contributed by atoms with Gasteiger partial charge in [0.2, 0.25) is 27.7 Å². The number of allylic oxidation sites excluding steroid dienone is 1. The van der Waals surface area contributed by atoms with E-state index in [2.05, 4.69) is 27.3 Å². The highest BCUT2D eigenvalue weighted by Gasteiger charge is 2.62. The lowest BCUT2D eigenvalue weighted by Crippen LogP contribution is -2.59. The van der Waals surface area contributed by atoms with Gasteiger partial charge in [0.25, 0.3) is 5.91 Å². The number of hydrogen-bond donors (Lipinski definition) is 3. The number of ether oxygens (including phenoxy) is 3. The van der Waals surface area contributed by atoms with Crippen LogP contribution in [0.4, 0.5) is 9.18 Å². The van der Waals surface area contributed by atoms with Crippen LogP contribution in [0.1, 0.15) is 79.6 Å². The number of aromatic nitrogens is 1. The van der Waals surface area contributed by atoms with Gasteiger partial charge in [-0.15, -0.1) is 0 Å². The predicted octanol–water partition coefficient (Wildman–Crippen LogP) is 4.12. The monoisotopic (exact) mass is 771 g/mol. The minimum Gasteiger partial charge on any atom is -0.494 e. The van der Waals surface area contributed by atoms with Gasteiger partial charge in [0.05, 0.1) is 18.9 Å². The number of nitrogens with zero attached hydrogens (tertiary/aromatic N) is 2. The zero-order valence-corrected chi connectivity index (χ0v) is 32.3. The van der Waals surface area contributed by atoms with E-state index in [1.165, 1.54) is 30.3 Å². The third-order valence-corrected chi connectivity index (χ3v) is 12.4. The molecule has 1 saturated heterocycles. The number of hydrogen-bond acceptors (Lipinski definition) is 10. The Balaban J connectivity index is 1.35. The molecule has 294 valence electrons. The summed E-state index contributed by atoms with van der Waals surface area (Å²) in [4.78, 5) is 61.7. The van der Waals surface area contributed by atoms with E-state index in [1.807, 2.05) is 19.1 Å². The molecule has 3 N–H and O–H groups in total.